The van der Waals surface area contributed by atoms with Crippen molar-refractivity contribution < 1.29 is 23.7 Å². The average Bonchev–Trinajstić information content (AvgIpc) is 2.67. The van der Waals surface area contributed by atoms with Crippen LogP contribution in [0.5, 0.6) is 23.0 Å². The lowest BCUT2D eigenvalue weighted by atomic mass is 10.1. The Hall–Kier alpha value is -2.89. The summed E-state index contributed by atoms with van der Waals surface area (Å²) in [6.45, 7) is 2.30. The smallest absolute Gasteiger partial charge is 0.254 e. The molecule has 0 unspecified atom stereocenters. The van der Waals surface area contributed by atoms with E-state index in [0.717, 1.165) is 11.1 Å². The van der Waals surface area contributed by atoms with Crippen LogP contribution in [0, 0.1) is 6.92 Å². The van der Waals surface area contributed by atoms with Gasteiger partial charge in [0.25, 0.3) is 5.91 Å². The van der Waals surface area contributed by atoms with Gasteiger partial charge in [0.05, 0.1) is 28.4 Å². The second-order valence-corrected chi connectivity index (χ2v) is 5.84. The van der Waals surface area contributed by atoms with E-state index < -0.39 is 0 Å². The molecule has 2 rings (SSSR count). The Bertz CT molecular complexity index is 788. The van der Waals surface area contributed by atoms with Crippen molar-refractivity contribution in [1.82, 2.24) is 4.90 Å². The first-order chi connectivity index (χ1) is 12.5. The molecule has 0 aliphatic rings. The molecular formula is C20H25NO5. The highest BCUT2D eigenvalue weighted by molar-refractivity contribution is 5.94. The fourth-order valence-corrected chi connectivity index (χ4v) is 2.79. The second kappa shape index (κ2) is 8.47. The summed E-state index contributed by atoms with van der Waals surface area (Å²) in [5.41, 5.74) is 2.36. The van der Waals surface area contributed by atoms with E-state index in [1.165, 1.54) is 0 Å². The number of nitrogens with zero attached hydrogens (tertiary/aromatic N) is 1. The number of methoxy groups -OCH3 is 4. The Morgan fingerprint density at radius 2 is 1.54 bits per heavy atom. The summed E-state index contributed by atoms with van der Waals surface area (Å²) in [6, 6.07) is 9.07. The number of rotatable bonds is 7. The molecule has 0 heterocycles. The van der Waals surface area contributed by atoms with Gasteiger partial charge >= 0.3 is 0 Å². The quantitative estimate of drug-likeness (QED) is 0.759. The molecule has 6 heteroatoms. The molecule has 0 bridgehead atoms. The van der Waals surface area contributed by atoms with E-state index in [1.807, 2.05) is 19.1 Å². The van der Waals surface area contributed by atoms with Gasteiger partial charge in [-0.05, 0) is 36.8 Å². The standard InChI is InChI=1S/C20H25NO5/c1-13-7-8-14(11-17(13)24-4)20(22)21(2)12-15-9-10-16(23-3)19(26-6)18(15)25-5/h7-11H,12H2,1-6H3. The Balaban J connectivity index is 2.29. The van der Waals surface area contributed by atoms with Crippen LogP contribution in [0.25, 0.3) is 0 Å². The van der Waals surface area contributed by atoms with Gasteiger partial charge in [0, 0.05) is 24.7 Å². The molecule has 140 valence electrons. The van der Waals surface area contributed by atoms with Crippen LogP contribution in [0.4, 0.5) is 0 Å². The van der Waals surface area contributed by atoms with Gasteiger partial charge in [-0.15, -0.1) is 0 Å². The molecule has 0 fully saturated rings. The topological polar surface area (TPSA) is 57.2 Å². The molecule has 0 radical (unpaired) electrons. The highest BCUT2D eigenvalue weighted by atomic mass is 16.5. The summed E-state index contributed by atoms with van der Waals surface area (Å²) in [7, 11) is 8.02. The molecule has 0 saturated heterocycles. The van der Waals surface area contributed by atoms with Crippen LogP contribution >= 0.6 is 0 Å². The Morgan fingerprint density at radius 3 is 2.12 bits per heavy atom. The van der Waals surface area contributed by atoms with Crippen molar-refractivity contribution in [1.29, 1.82) is 0 Å². The van der Waals surface area contributed by atoms with E-state index in [9.17, 15) is 4.79 Å². The van der Waals surface area contributed by atoms with Gasteiger partial charge in [-0.25, -0.2) is 0 Å². The predicted octanol–water partition coefficient (Wildman–Crippen LogP) is 3.30. The predicted molar refractivity (Wildman–Crippen MR) is 99.6 cm³/mol. The van der Waals surface area contributed by atoms with Crippen molar-refractivity contribution in [3.05, 3.63) is 47.0 Å². The van der Waals surface area contributed by atoms with E-state index >= 15 is 0 Å². The fraction of sp³-hybridized carbons (Fsp3) is 0.350. The van der Waals surface area contributed by atoms with Crippen LogP contribution in [0.2, 0.25) is 0 Å². The van der Waals surface area contributed by atoms with Crippen molar-refractivity contribution in [3.8, 4) is 23.0 Å². The van der Waals surface area contributed by atoms with Crippen molar-refractivity contribution in [2.45, 2.75) is 13.5 Å². The zero-order chi connectivity index (χ0) is 19.3. The summed E-state index contributed by atoms with van der Waals surface area (Å²) in [5, 5.41) is 0. The van der Waals surface area contributed by atoms with Crippen LogP contribution in [-0.2, 0) is 6.54 Å². The lowest BCUT2D eigenvalue weighted by Crippen LogP contribution is -2.26. The maximum absolute atomic E-state index is 12.8. The molecule has 0 aliphatic carbocycles. The molecule has 2 aromatic carbocycles. The molecule has 6 nitrogen and oxygen atoms in total. The number of amides is 1. The minimum atomic E-state index is -0.111. The Kier molecular flexibility index (Phi) is 6.33. The van der Waals surface area contributed by atoms with Gasteiger partial charge in [-0.1, -0.05) is 6.07 Å². The Labute approximate surface area is 154 Å². The lowest BCUT2D eigenvalue weighted by molar-refractivity contribution is 0.0783. The van der Waals surface area contributed by atoms with Crippen molar-refractivity contribution in [2.24, 2.45) is 0 Å². The average molecular weight is 359 g/mol. The normalized spacial score (nSPS) is 10.2. The molecule has 26 heavy (non-hydrogen) atoms. The molecule has 0 aromatic heterocycles. The number of aryl methyl sites for hydroxylation is 1. The van der Waals surface area contributed by atoms with E-state index in [4.69, 9.17) is 18.9 Å². The van der Waals surface area contributed by atoms with Gasteiger partial charge in [0.15, 0.2) is 11.5 Å². The van der Waals surface area contributed by atoms with Crippen molar-refractivity contribution in [3.63, 3.8) is 0 Å². The summed E-state index contributed by atoms with van der Waals surface area (Å²) in [4.78, 5) is 14.4. The first kappa shape index (κ1) is 19.4. The molecule has 0 spiro atoms. The molecule has 0 aliphatic heterocycles. The number of hydrogen-bond donors (Lipinski definition) is 0. The lowest BCUT2D eigenvalue weighted by Gasteiger charge is -2.21. The summed E-state index contributed by atoms with van der Waals surface area (Å²) in [5.74, 6) is 2.21. The molecule has 0 saturated carbocycles. The highest BCUT2D eigenvalue weighted by Gasteiger charge is 2.20. The van der Waals surface area contributed by atoms with Gasteiger partial charge in [-0.3, -0.25) is 4.79 Å². The number of carbonyl (C=O) groups excluding carboxylic acids is 1. The van der Waals surface area contributed by atoms with Crippen LogP contribution < -0.4 is 18.9 Å². The van der Waals surface area contributed by atoms with Crippen LogP contribution in [0.1, 0.15) is 21.5 Å². The highest BCUT2D eigenvalue weighted by Crippen LogP contribution is 2.40. The Morgan fingerprint density at radius 1 is 0.885 bits per heavy atom. The number of benzene rings is 2. The molecule has 0 N–H and O–H groups in total. The van der Waals surface area contributed by atoms with Gasteiger partial charge < -0.3 is 23.8 Å². The zero-order valence-electron chi connectivity index (χ0n) is 16.1. The molecule has 1 amide bonds. The molecule has 2 aromatic rings. The number of ether oxygens (including phenoxy) is 4. The SMILES string of the molecule is COc1cc(C(=O)N(C)Cc2ccc(OC)c(OC)c2OC)ccc1C. The fourth-order valence-electron chi connectivity index (χ4n) is 2.79. The summed E-state index contributed by atoms with van der Waals surface area (Å²) < 4.78 is 21.5. The zero-order valence-corrected chi connectivity index (χ0v) is 16.1. The van der Waals surface area contributed by atoms with Crippen molar-refractivity contribution in [2.75, 3.05) is 35.5 Å². The third-order valence-electron chi connectivity index (χ3n) is 4.19. The van der Waals surface area contributed by atoms with Crippen LogP contribution in [-0.4, -0.2) is 46.3 Å². The molecular weight excluding hydrogens is 334 g/mol. The van der Waals surface area contributed by atoms with E-state index in [1.54, 1.807) is 58.6 Å². The number of hydrogen-bond acceptors (Lipinski definition) is 5. The number of carbonyl (C=O) groups is 1. The van der Waals surface area contributed by atoms with Crippen molar-refractivity contribution >= 4 is 5.91 Å². The van der Waals surface area contributed by atoms with Crippen LogP contribution in [0.15, 0.2) is 30.3 Å². The van der Waals surface area contributed by atoms with E-state index in [0.29, 0.717) is 35.1 Å². The minimum absolute atomic E-state index is 0.111. The van der Waals surface area contributed by atoms with E-state index in [2.05, 4.69) is 0 Å². The third kappa shape index (κ3) is 3.85. The second-order valence-electron chi connectivity index (χ2n) is 5.84. The maximum Gasteiger partial charge on any atom is 0.254 e. The summed E-state index contributed by atoms with van der Waals surface area (Å²) >= 11 is 0. The van der Waals surface area contributed by atoms with Crippen LogP contribution in [0.3, 0.4) is 0 Å². The molecule has 0 atom stereocenters. The van der Waals surface area contributed by atoms with E-state index in [-0.39, 0.29) is 5.91 Å². The summed E-state index contributed by atoms with van der Waals surface area (Å²) in [6.07, 6.45) is 0. The maximum atomic E-state index is 12.8. The monoisotopic (exact) mass is 359 g/mol. The third-order valence-corrected chi connectivity index (χ3v) is 4.19. The van der Waals surface area contributed by atoms with Gasteiger partial charge in [0.2, 0.25) is 5.75 Å². The van der Waals surface area contributed by atoms with Gasteiger partial charge in [0.1, 0.15) is 5.75 Å². The minimum Gasteiger partial charge on any atom is -0.496 e. The largest absolute Gasteiger partial charge is 0.496 e. The van der Waals surface area contributed by atoms with Gasteiger partial charge in [-0.2, -0.15) is 0 Å². The first-order valence-electron chi connectivity index (χ1n) is 8.14. The first-order valence-corrected chi connectivity index (χ1v) is 8.14.